The van der Waals surface area contributed by atoms with Crippen molar-refractivity contribution in [2.24, 2.45) is 9.98 Å². The van der Waals surface area contributed by atoms with Crippen LogP contribution in [0.25, 0.3) is 32.7 Å². The number of phenols is 2. The van der Waals surface area contributed by atoms with Gasteiger partial charge in [-0.15, -0.1) is 0 Å². The number of rotatable bonds is 5. The quantitative estimate of drug-likeness (QED) is 0.172. The molecule has 0 aliphatic carbocycles. The molecule has 6 aromatic carbocycles. The summed E-state index contributed by atoms with van der Waals surface area (Å²) in [6, 6.07) is 32.5. The van der Waals surface area contributed by atoms with Gasteiger partial charge in [0.1, 0.15) is 11.5 Å². The Morgan fingerprint density at radius 2 is 0.896 bits per heavy atom. The molecule has 4 nitrogen and oxygen atoms in total. The van der Waals surface area contributed by atoms with Crippen molar-refractivity contribution in [3.8, 4) is 22.6 Å². The van der Waals surface area contributed by atoms with Gasteiger partial charge in [0, 0.05) is 54.8 Å². The van der Waals surface area contributed by atoms with Crippen LogP contribution in [0.3, 0.4) is 0 Å². The van der Waals surface area contributed by atoms with Gasteiger partial charge in [-0.2, -0.15) is 0 Å². The minimum absolute atomic E-state index is 0.218. The van der Waals surface area contributed by atoms with E-state index in [9.17, 15) is 10.2 Å². The molecule has 0 saturated heterocycles. The number of halogens is 2. The second-order valence-electron chi connectivity index (χ2n) is 14.2. The third kappa shape index (κ3) is 6.69. The van der Waals surface area contributed by atoms with Gasteiger partial charge in [-0.1, -0.05) is 134 Å². The molecule has 0 spiro atoms. The van der Waals surface area contributed by atoms with Crippen LogP contribution in [0.2, 0.25) is 0 Å². The average molecular weight is 763 g/mol. The van der Waals surface area contributed by atoms with Crippen LogP contribution >= 0.6 is 31.9 Å². The monoisotopic (exact) mass is 760 g/mol. The Labute approximate surface area is 299 Å². The molecule has 6 heteroatoms. The molecule has 0 bridgehead atoms. The molecule has 6 aromatic rings. The molecule has 0 aromatic heterocycles. The minimum Gasteiger partial charge on any atom is -0.507 e. The van der Waals surface area contributed by atoms with E-state index in [4.69, 9.17) is 9.98 Å². The predicted octanol–water partition coefficient (Wildman–Crippen LogP) is 12.7. The van der Waals surface area contributed by atoms with E-state index in [1.807, 2.05) is 60.7 Å². The van der Waals surface area contributed by atoms with Gasteiger partial charge in [-0.3, -0.25) is 9.98 Å². The normalized spacial score (nSPS) is 12.6. The molecule has 0 aliphatic rings. The summed E-state index contributed by atoms with van der Waals surface area (Å²) in [7, 11) is 0. The summed E-state index contributed by atoms with van der Waals surface area (Å²) >= 11 is 7.28. The van der Waals surface area contributed by atoms with Gasteiger partial charge >= 0.3 is 0 Å². The van der Waals surface area contributed by atoms with Crippen molar-refractivity contribution in [3.05, 3.63) is 128 Å². The number of hydrogen-bond donors (Lipinski definition) is 2. The molecule has 242 valence electrons. The summed E-state index contributed by atoms with van der Waals surface area (Å²) in [5.74, 6) is 0.436. The second kappa shape index (κ2) is 13.0. The summed E-state index contributed by atoms with van der Waals surface area (Å²) in [4.78, 5) is 10.1. The topological polar surface area (TPSA) is 65.2 Å². The van der Waals surface area contributed by atoms with Gasteiger partial charge in [-0.25, -0.2) is 0 Å². The molecule has 0 heterocycles. The lowest BCUT2D eigenvalue weighted by Gasteiger charge is -2.22. The first-order valence-corrected chi connectivity index (χ1v) is 17.5. The first-order valence-electron chi connectivity index (χ1n) is 15.9. The van der Waals surface area contributed by atoms with Crippen LogP contribution in [0.15, 0.2) is 116 Å². The molecule has 2 N–H and O–H groups in total. The molecule has 0 radical (unpaired) electrons. The van der Waals surface area contributed by atoms with Crippen molar-refractivity contribution >= 4 is 77.2 Å². The van der Waals surface area contributed by atoms with E-state index in [0.29, 0.717) is 11.1 Å². The van der Waals surface area contributed by atoms with Crippen molar-refractivity contribution in [3.63, 3.8) is 0 Å². The Bertz CT molecular complexity index is 2100. The highest BCUT2D eigenvalue weighted by Crippen LogP contribution is 2.46. The molecule has 0 atom stereocenters. The van der Waals surface area contributed by atoms with Crippen molar-refractivity contribution < 1.29 is 10.2 Å². The highest BCUT2D eigenvalue weighted by atomic mass is 79.9. The average Bonchev–Trinajstić information content (AvgIpc) is 3.03. The highest BCUT2D eigenvalue weighted by Gasteiger charge is 2.23. The Morgan fingerprint density at radius 3 is 1.27 bits per heavy atom. The van der Waals surface area contributed by atoms with Crippen LogP contribution in [0.1, 0.15) is 63.8 Å². The van der Waals surface area contributed by atoms with Crippen LogP contribution in [-0.2, 0) is 10.8 Å². The zero-order valence-electron chi connectivity index (χ0n) is 27.9. The number of aliphatic imine (C=N–C) groups is 2. The summed E-state index contributed by atoms with van der Waals surface area (Å²) < 4.78 is 1.75. The smallest absolute Gasteiger partial charge is 0.128 e. The number of phenolic OH excluding ortho intramolecular Hbond substituents is 2. The van der Waals surface area contributed by atoms with Gasteiger partial charge in [0.15, 0.2) is 0 Å². The summed E-state index contributed by atoms with van der Waals surface area (Å²) in [5.41, 5.74) is 5.81. The maximum absolute atomic E-state index is 11.3. The van der Waals surface area contributed by atoms with Gasteiger partial charge in [-0.05, 0) is 68.8 Å². The molecular weight excluding hydrogens is 724 g/mol. The summed E-state index contributed by atoms with van der Waals surface area (Å²) in [5, 5.41) is 26.8. The first-order chi connectivity index (χ1) is 22.7. The van der Waals surface area contributed by atoms with Crippen LogP contribution in [-0.4, -0.2) is 22.6 Å². The van der Waals surface area contributed by atoms with E-state index in [1.165, 1.54) is 0 Å². The molecule has 0 amide bonds. The summed E-state index contributed by atoms with van der Waals surface area (Å²) in [6.45, 7) is 12.5. The van der Waals surface area contributed by atoms with Crippen LogP contribution in [0, 0.1) is 0 Å². The van der Waals surface area contributed by atoms with Gasteiger partial charge in [0.25, 0.3) is 0 Å². The van der Waals surface area contributed by atoms with E-state index in [2.05, 4.69) is 110 Å². The third-order valence-corrected chi connectivity index (χ3v) is 9.49. The van der Waals surface area contributed by atoms with Crippen molar-refractivity contribution in [1.29, 1.82) is 0 Å². The number of nitrogens with zero attached hydrogens (tertiary/aromatic N) is 2. The number of hydrogen-bond acceptors (Lipinski definition) is 4. The second-order valence-corrected chi connectivity index (χ2v) is 16.0. The first kappa shape index (κ1) is 33.6. The van der Waals surface area contributed by atoms with Crippen molar-refractivity contribution in [2.75, 3.05) is 0 Å². The molecule has 0 unspecified atom stereocenters. The maximum atomic E-state index is 11.3. The largest absolute Gasteiger partial charge is 0.507 e. The molecule has 48 heavy (non-hydrogen) atoms. The van der Waals surface area contributed by atoms with E-state index >= 15 is 0 Å². The van der Waals surface area contributed by atoms with Crippen LogP contribution in [0.5, 0.6) is 11.5 Å². The standard InChI is InChI=1S/C42H38Br2N2O2/c1-41(2,3)33-21-29(43)19-27(39(33)47)23-45-35-17-15-25-11-7-9-13-31(25)37(35)38-32-14-10-8-12-26(32)16-18-36(38)46-24-28-20-30(44)22-34(40(28)48)42(4,5)6/h7-24,47-48H,1-6H3. The highest BCUT2D eigenvalue weighted by molar-refractivity contribution is 9.10. The predicted molar refractivity (Wildman–Crippen MR) is 210 cm³/mol. The van der Waals surface area contributed by atoms with Crippen molar-refractivity contribution in [1.82, 2.24) is 0 Å². The fourth-order valence-corrected chi connectivity index (χ4v) is 7.07. The number of benzene rings is 6. The van der Waals surface area contributed by atoms with E-state index in [1.54, 1.807) is 12.4 Å². The SMILES string of the molecule is CC(C)(C)c1cc(Br)cc(C=Nc2ccc3ccccc3c2-c2c(N=Cc3cc(Br)cc(C(C)(C)C)c3O)ccc3ccccc23)c1O. The lowest BCUT2D eigenvalue weighted by molar-refractivity contribution is 0.445. The molecule has 0 saturated carbocycles. The molecule has 0 aliphatic heterocycles. The number of aromatic hydroxyl groups is 2. The Hall–Kier alpha value is -4.26. The molecule has 0 fully saturated rings. The molecule has 6 rings (SSSR count). The maximum Gasteiger partial charge on any atom is 0.128 e. The lowest BCUT2D eigenvalue weighted by Crippen LogP contribution is -2.12. The van der Waals surface area contributed by atoms with Crippen LogP contribution < -0.4 is 0 Å². The Kier molecular flexibility index (Phi) is 9.10. The van der Waals surface area contributed by atoms with Crippen LogP contribution in [0.4, 0.5) is 11.4 Å². The summed E-state index contributed by atoms with van der Waals surface area (Å²) in [6.07, 6.45) is 3.48. The zero-order valence-corrected chi connectivity index (χ0v) is 31.1. The molecular formula is C42H38Br2N2O2. The lowest BCUT2D eigenvalue weighted by atomic mass is 9.85. The van der Waals surface area contributed by atoms with Gasteiger partial charge in [0.05, 0.1) is 11.4 Å². The van der Waals surface area contributed by atoms with E-state index in [-0.39, 0.29) is 22.3 Å². The Morgan fingerprint density at radius 1 is 0.521 bits per heavy atom. The van der Waals surface area contributed by atoms with E-state index in [0.717, 1.165) is 64.1 Å². The minimum atomic E-state index is -0.253. The fourth-order valence-electron chi connectivity index (χ4n) is 6.12. The van der Waals surface area contributed by atoms with Gasteiger partial charge < -0.3 is 10.2 Å². The Balaban J connectivity index is 1.61. The van der Waals surface area contributed by atoms with E-state index < -0.39 is 0 Å². The van der Waals surface area contributed by atoms with Gasteiger partial charge in [0.2, 0.25) is 0 Å². The zero-order chi connectivity index (χ0) is 34.4. The van der Waals surface area contributed by atoms with Crippen molar-refractivity contribution in [2.45, 2.75) is 52.4 Å². The number of fused-ring (bicyclic) bond motifs is 2. The third-order valence-electron chi connectivity index (χ3n) is 8.57. The fraction of sp³-hybridized carbons (Fsp3) is 0.190.